The summed E-state index contributed by atoms with van der Waals surface area (Å²) in [5.41, 5.74) is 0. The number of hydrogen-bond acceptors (Lipinski definition) is 3. The maximum atomic E-state index is 12.3. The van der Waals surface area contributed by atoms with E-state index in [1.165, 1.54) is 12.8 Å². The molecule has 20 heavy (non-hydrogen) atoms. The van der Waals surface area contributed by atoms with Gasteiger partial charge >= 0.3 is 6.03 Å². The van der Waals surface area contributed by atoms with E-state index in [1.807, 2.05) is 25.6 Å². The maximum absolute atomic E-state index is 12.3. The van der Waals surface area contributed by atoms with Crippen molar-refractivity contribution in [3.8, 4) is 0 Å². The number of aliphatic hydroxyl groups is 1. The van der Waals surface area contributed by atoms with Crippen molar-refractivity contribution in [3.63, 3.8) is 0 Å². The highest BCUT2D eigenvalue weighted by atomic mass is 32.2. The Balaban J connectivity index is 2.50. The van der Waals surface area contributed by atoms with Gasteiger partial charge in [0.15, 0.2) is 0 Å². The van der Waals surface area contributed by atoms with E-state index in [0.29, 0.717) is 11.8 Å². The van der Waals surface area contributed by atoms with Gasteiger partial charge in [-0.3, -0.25) is 0 Å². The molecule has 4 nitrogen and oxygen atoms in total. The largest absolute Gasteiger partial charge is 0.392 e. The lowest BCUT2D eigenvalue weighted by atomic mass is 9.95. The zero-order chi connectivity index (χ0) is 15.1. The summed E-state index contributed by atoms with van der Waals surface area (Å²) in [7, 11) is 0. The summed E-state index contributed by atoms with van der Waals surface area (Å²) in [5, 5.41) is 13.4. The molecule has 5 heteroatoms. The number of aliphatic hydroxyl groups excluding tert-OH is 1. The summed E-state index contributed by atoms with van der Waals surface area (Å²) in [6, 6.07) is 0.359. The molecule has 1 aliphatic rings. The SMILES string of the molecule is CCSC1CCCC(NC(=O)N(CC(C)O)C(C)C)C1. The van der Waals surface area contributed by atoms with Gasteiger partial charge in [0.2, 0.25) is 0 Å². The summed E-state index contributed by atoms with van der Waals surface area (Å²) >= 11 is 2.00. The minimum Gasteiger partial charge on any atom is -0.392 e. The van der Waals surface area contributed by atoms with Crippen LogP contribution in [0.2, 0.25) is 0 Å². The molecule has 0 aromatic heterocycles. The van der Waals surface area contributed by atoms with Crippen LogP contribution in [0.25, 0.3) is 0 Å². The van der Waals surface area contributed by atoms with E-state index >= 15 is 0 Å². The number of carbonyl (C=O) groups excluding carboxylic acids is 1. The van der Waals surface area contributed by atoms with E-state index in [0.717, 1.165) is 18.6 Å². The van der Waals surface area contributed by atoms with Crippen LogP contribution in [0.15, 0.2) is 0 Å². The number of amides is 2. The quantitative estimate of drug-likeness (QED) is 0.793. The molecule has 0 saturated heterocycles. The van der Waals surface area contributed by atoms with Crippen LogP contribution < -0.4 is 5.32 Å². The second-order valence-electron chi connectivity index (χ2n) is 5.99. The van der Waals surface area contributed by atoms with Gasteiger partial charge in [0.25, 0.3) is 0 Å². The highest BCUT2D eigenvalue weighted by molar-refractivity contribution is 7.99. The molecule has 0 aromatic carbocycles. The van der Waals surface area contributed by atoms with Gasteiger partial charge in [-0.15, -0.1) is 0 Å². The second kappa shape index (κ2) is 8.78. The van der Waals surface area contributed by atoms with E-state index in [4.69, 9.17) is 0 Å². The van der Waals surface area contributed by atoms with Crippen molar-refractivity contribution in [1.29, 1.82) is 0 Å². The third-order valence-corrected chi connectivity index (χ3v) is 4.93. The van der Waals surface area contributed by atoms with Crippen LogP contribution in [0.5, 0.6) is 0 Å². The van der Waals surface area contributed by atoms with Gasteiger partial charge < -0.3 is 15.3 Å². The summed E-state index contributed by atoms with van der Waals surface area (Å²) in [6.07, 6.45) is 4.13. The lowest BCUT2D eigenvalue weighted by Crippen LogP contribution is -2.51. The fourth-order valence-corrected chi connectivity index (χ4v) is 3.91. The van der Waals surface area contributed by atoms with Crippen molar-refractivity contribution >= 4 is 17.8 Å². The van der Waals surface area contributed by atoms with Crippen LogP contribution >= 0.6 is 11.8 Å². The number of hydrogen-bond donors (Lipinski definition) is 2. The number of urea groups is 1. The molecular formula is C15H30N2O2S. The molecule has 2 N–H and O–H groups in total. The van der Waals surface area contributed by atoms with Gasteiger partial charge in [-0.2, -0.15) is 11.8 Å². The first-order chi connectivity index (χ1) is 9.43. The molecule has 2 amide bonds. The first-order valence-electron chi connectivity index (χ1n) is 7.80. The van der Waals surface area contributed by atoms with Crippen molar-refractivity contribution in [2.45, 2.75) is 76.8 Å². The number of carbonyl (C=O) groups is 1. The van der Waals surface area contributed by atoms with E-state index in [9.17, 15) is 9.90 Å². The normalized spacial score (nSPS) is 24.5. The van der Waals surface area contributed by atoms with Gasteiger partial charge in [0, 0.05) is 23.9 Å². The number of nitrogens with one attached hydrogen (secondary N) is 1. The summed E-state index contributed by atoms with van der Waals surface area (Å²) < 4.78 is 0. The zero-order valence-corrected chi connectivity index (χ0v) is 14.1. The topological polar surface area (TPSA) is 52.6 Å². The molecule has 1 fully saturated rings. The lowest BCUT2D eigenvalue weighted by molar-refractivity contribution is 0.116. The minimum absolute atomic E-state index is 0.0342. The summed E-state index contributed by atoms with van der Waals surface area (Å²) in [5.74, 6) is 1.14. The Morgan fingerprint density at radius 3 is 2.65 bits per heavy atom. The van der Waals surface area contributed by atoms with E-state index in [-0.39, 0.29) is 18.1 Å². The molecule has 3 unspecified atom stereocenters. The lowest BCUT2D eigenvalue weighted by Gasteiger charge is -2.33. The van der Waals surface area contributed by atoms with Crippen molar-refractivity contribution in [2.24, 2.45) is 0 Å². The highest BCUT2D eigenvalue weighted by Crippen LogP contribution is 2.28. The van der Waals surface area contributed by atoms with Crippen molar-refractivity contribution < 1.29 is 9.90 Å². The summed E-state index contributed by atoms with van der Waals surface area (Å²) in [6.45, 7) is 8.27. The number of rotatable bonds is 6. The molecule has 0 aromatic rings. The van der Waals surface area contributed by atoms with Crippen LogP contribution in [0.1, 0.15) is 53.4 Å². The molecule has 1 saturated carbocycles. The van der Waals surface area contributed by atoms with Crippen LogP contribution in [0, 0.1) is 0 Å². The predicted molar refractivity (Wildman–Crippen MR) is 86.2 cm³/mol. The van der Waals surface area contributed by atoms with Crippen LogP contribution in [0.4, 0.5) is 4.79 Å². The summed E-state index contributed by atoms with van der Waals surface area (Å²) in [4.78, 5) is 14.1. The van der Waals surface area contributed by atoms with Crippen molar-refractivity contribution in [2.75, 3.05) is 12.3 Å². The van der Waals surface area contributed by atoms with E-state index in [2.05, 4.69) is 12.2 Å². The van der Waals surface area contributed by atoms with Crippen LogP contribution in [0.3, 0.4) is 0 Å². The van der Waals surface area contributed by atoms with Gasteiger partial charge in [-0.25, -0.2) is 4.79 Å². The smallest absolute Gasteiger partial charge is 0.317 e. The van der Waals surface area contributed by atoms with Crippen molar-refractivity contribution in [1.82, 2.24) is 10.2 Å². The zero-order valence-electron chi connectivity index (χ0n) is 13.3. The van der Waals surface area contributed by atoms with Crippen LogP contribution in [-0.4, -0.2) is 51.8 Å². The third kappa shape index (κ3) is 5.92. The van der Waals surface area contributed by atoms with E-state index < -0.39 is 6.10 Å². The standard InChI is InChI=1S/C15H30N2O2S/c1-5-20-14-8-6-7-13(9-14)16-15(19)17(11(2)3)10-12(4)18/h11-14,18H,5-10H2,1-4H3,(H,16,19). The Bertz CT molecular complexity index is 296. The predicted octanol–water partition coefficient (Wildman–Crippen LogP) is 2.85. The van der Waals surface area contributed by atoms with Gasteiger partial charge in [0.05, 0.1) is 6.10 Å². The average molecular weight is 302 g/mol. The molecule has 1 rings (SSSR count). The fourth-order valence-electron chi connectivity index (χ4n) is 2.73. The first kappa shape index (κ1) is 17.6. The average Bonchev–Trinajstić information content (AvgIpc) is 2.36. The second-order valence-corrected chi connectivity index (χ2v) is 7.56. The Hall–Kier alpha value is -0.420. The molecule has 118 valence electrons. The molecule has 0 radical (unpaired) electrons. The monoisotopic (exact) mass is 302 g/mol. The molecule has 1 aliphatic carbocycles. The molecule has 0 bridgehead atoms. The Kier molecular flexibility index (Phi) is 7.74. The fraction of sp³-hybridized carbons (Fsp3) is 0.933. The Morgan fingerprint density at radius 1 is 1.40 bits per heavy atom. The number of nitrogens with zero attached hydrogens (tertiary/aromatic N) is 1. The van der Waals surface area contributed by atoms with Crippen LogP contribution in [-0.2, 0) is 0 Å². The Labute approximate surface area is 127 Å². The first-order valence-corrected chi connectivity index (χ1v) is 8.85. The highest BCUT2D eigenvalue weighted by Gasteiger charge is 2.26. The maximum Gasteiger partial charge on any atom is 0.317 e. The molecule has 0 spiro atoms. The molecule has 3 atom stereocenters. The van der Waals surface area contributed by atoms with Crippen molar-refractivity contribution in [3.05, 3.63) is 0 Å². The minimum atomic E-state index is -0.488. The third-order valence-electron chi connectivity index (χ3n) is 3.70. The van der Waals surface area contributed by atoms with E-state index in [1.54, 1.807) is 11.8 Å². The van der Waals surface area contributed by atoms with Gasteiger partial charge in [0.1, 0.15) is 0 Å². The van der Waals surface area contributed by atoms with Gasteiger partial charge in [-0.1, -0.05) is 13.3 Å². The molecule has 0 heterocycles. The molecular weight excluding hydrogens is 272 g/mol. The molecule has 0 aliphatic heterocycles. The van der Waals surface area contributed by atoms with Gasteiger partial charge in [-0.05, 0) is 45.8 Å². The Morgan fingerprint density at radius 2 is 2.10 bits per heavy atom. The number of thioether (sulfide) groups is 1.